The van der Waals surface area contributed by atoms with E-state index in [9.17, 15) is 4.79 Å². The van der Waals surface area contributed by atoms with Gasteiger partial charge in [-0.15, -0.1) is 0 Å². The van der Waals surface area contributed by atoms with Gasteiger partial charge in [0.25, 0.3) is 0 Å². The molecule has 0 aromatic heterocycles. The van der Waals surface area contributed by atoms with Crippen LogP contribution in [0.1, 0.15) is 13.8 Å². The van der Waals surface area contributed by atoms with Gasteiger partial charge in [0.2, 0.25) is 0 Å². The van der Waals surface area contributed by atoms with Crippen molar-refractivity contribution in [3.8, 4) is 0 Å². The van der Waals surface area contributed by atoms with Gasteiger partial charge in [-0.2, -0.15) is 0 Å². The van der Waals surface area contributed by atoms with Gasteiger partial charge in [-0.3, -0.25) is 0 Å². The van der Waals surface area contributed by atoms with Crippen LogP contribution in [0.3, 0.4) is 0 Å². The Balaban J connectivity index is 3.63. The quantitative estimate of drug-likeness (QED) is 0.261. The lowest BCUT2D eigenvalue weighted by molar-refractivity contribution is -0.137. The molecule has 0 spiro atoms. The first-order valence-corrected chi connectivity index (χ1v) is 3.38. The van der Waals surface area contributed by atoms with Crippen molar-refractivity contribution in [2.45, 2.75) is 13.8 Å². The molecule has 0 aliphatic carbocycles. The number of rotatable bonds is 4. The first-order chi connectivity index (χ1) is 5.31. The number of hydrogen-bond donors (Lipinski definition) is 0. The Morgan fingerprint density at radius 1 is 1.55 bits per heavy atom. The van der Waals surface area contributed by atoms with E-state index < -0.39 is 5.97 Å². The van der Waals surface area contributed by atoms with Crippen LogP contribution in [0, 0.1) is 0 Å². The normalized spacial score (nSPS) is 7.82. The van der Waals surface area contributed by atoms with Crippen LogP contribution in [0.5, 0.6) is 0 Å². The second-order valence-corrected chi connectivity index (χ2v) is 1.53. The van der Waals surface area contributed by atoms with Crippen molar-refractivity contribution in [3.63, 3.8) is 0 Å². The molecular weight excluding hydrogens is 146 g/mol. The van der Waals surface area contributed by atoms with Crippen LogP contribution in [-0.2, 0) is 14.4 Å². The first kappa shape index (κ1) is 9.72. The van der Waals surface area contributed by atoms with Gasteiger partial charge < -0.3 is 9.57 Å². The van der Waals surface area contributed by atoms with Gasteiger partial charge in [-0.1, -0.05) is 0 Å². The van der Waals surface area contributed by atoms with Gasteiger partial charge >= 0.3 is 5.97 Å². The summed E-state index contributed by atoms with van der Waals surface area (Å²) in [7, 11) is 0. The summed E-state index contributed by atoms with van der Waals surface area (Å²) in [5.74, 6) is 1.81. The van der Waals surface area contributed by atoms with E-state index in [2.05, 4.69) is 20.6 Å². The average Bonchev–Trinajstić information content (AvgIpc) is 1.99. The van der Waals surface area contributed by atoms with Crippen LogP contribution in [0.2, 0.25) is 0 Å². The highest BCUT2D eigenvalue weighted by atomic mass is 16.6. The summed E-state index contributed by atoms with van der Waals surface area (Å²) in [6.45, 7) is 4.33. The number of ether oxygens (including phenoxy) is 1. The molecular formula is C7H11NO3. The summed E-state index contributed by atoms with van der Waals surface area (Å²) >= 11 is 0. The summed E-state index contributed by atoms with van der Waals surface area (Å²) in [5.41, 5.74) is 0. The molecule has 0 aliphatic heterocycles. The third-order valence-electron chi connectivity index (χ3n) is 0.715. The maximum Gasteiger partial charge on any atom is 0.340 e. The molecule has 0 radical (unpaired) electrons. The topological polar surface area (TPSA) is 47.9 Å². The molecule has 4 heteroatoms. The predicted molar refractivity (Wildman–Crippen MR) is 40.3 cm³/mol. The van der Waals surface area contributed by atoms with Crippen molar-refractivity contribution in [3.05, 3.63) is 6.08 Å². The van der Waals surface area contributed by atoms with E-state index in [0.29, 0.717) is 13.2 Å². The van der Waals surface area contributed by atoms with Gasteiger partial charge in [0, 0.05) is 5.87 Å². The van der Waals surface area contributed by atoms with Crippen molar-refractivity contribution in [2.24, 2.45) is 5.16 Å². The zero-order chi connectivity index (χ0) is 8.53. The van der Waals surface area contributed by atoms with E-state index >= 15 is 0 Å². The molecule has 0 aromatic carbocycles. The van der Waals surface area contributed by atoms with Crippen molar-refractivity contribution in [1.29, 1.82) is 0 Å². The minimum atomic E-state index is -0.462. The fraction of sp³-hybridized carbons (Fsp3) is 0.571. The number of carbonyl (C=O) groups excluding carboxylic acids is 1. The Morgan fingerprint density at radius 3 is 2.82 bits per heavy atom. The number of carbonyl (C=O) groups is 1. The highest BCUT2D eigenvalue weighted by Gasteiger charge is 1.90. The van der Waals surface area contributed by atoms with Gasteiger partial charge in [0.05, 0.1) is 12.7 Å². The first-order valence-electron chi connectivity index (χ1n) is 3.38. The molecule has 0 N–H and O–H groups in total. The molecule has 11 heavy (non-hydrogen) atoms. The van der Waals surface area contributed by atoms with Crippen LogP contribution < -0.4 is 0 Å². The Hall–Kier alpha value is -1.28. The van der Waals surface area contributed by atoms with E-state index in [-0.39, 0.29) is 0 Å². The zero-order valence-corrected chi connectivity index (χ0v) is 6.66. The smallest absolute Gasteiger partial charge is 0.340 e. The minimum Gasteiger partial charge on any atom is -0.462 e. The molecule has 0 saturated carbocycles. The lowest BCUT2D eigenvalue weighted by atomic mass is 10.6. The van der Waals surface area contributed by atoms with E-state index in [0.717, 1.165) is 6.08 Å². The van der Waals surface area contributed by atoms with Gasteiger partial charge in [-0.25, -0.2) is 4.79 Å². The van der Waals surface area contributed by atoms with Crippen LogP contribution in [0.25, 0.3) is 0 Å². The fourth-order valence-electron chi connectivity index (χ4n) is 0.365. The van der Waals surface area contributed by atoms with Crippen LogP contribution >= 0.6 is 0 Å². The number of nitrogens with zero attached hydrogens (tertiary/aromatic N) is 1. The van der Waals surface area contributed by atoms with Crippen LogP contribution in [-0.4, -0.2) is 25.1 Å². The van der Waals surface area contributed by atoms with Crippen molar-refractivity contribution in [2.75, 3.05) is 13.2 Å². The van der Waals surface area contributed by atoms with Crippen LogP contribution in [0.4, 0.5) is 0 Å². The molecule has 0 rings (SSSR count). The van der Waals surface area contributed by atoms with E-state index in [4.69, 9.17) is 0 Å². The van der Waals surface area contributed by atoms with Crippen LogP contribution in [0.15, 0.2) is 11.2 Å². The van der Waals surface area contributed by atoms with Crippen molar-refractivity contribution in [1.82, 2.24) is 0 Å². The largest absolute Gasteiger partial charge is 0.462 e. The molecule has 0 aliphatic rings. The molecule has 0 amide bonds. The maximum atomic E-state index is 10.6. The third kappa shape index (κ3) is 6.61. The highest BCUT2D eigenvalue weighted by Crippen LogP contribution is 1.76. The Labute approximate surface area is 65.5 Å². The van der Waals surface area contributed by atoms with Gasteiger partial charge in [0.15, 0.2) is 0 Å². The molecule has 0 saturated heterocycles. The SMILES string of the molecule is CCON=C=CC(=O)OCC. The Bertz CT molecular complexity index is 171. The lowest BCUT2D eigenvalue weighted by Crippen LogP contribution is -1.98. The molecule has 0 fully saturated rings. The van der Waals surface area contributed by atoms with E-state index in [1.54, 1.807) is 13.8 Å². The minimum absolute atomic E-state index is 0.353. The standard InChI is InChI=1S/C7H11NO3/c1-3-10-7(9)5-6-8-11-4-2/h5H,3-4H2,1-2H3. The number of esters is 1. The summed E-state index contributed by atoms with van der Waals surface area (Å²) in [4.78, 5) is 15.1. The summed E-state index contributed by atoms with van der Waals surface area (Å²) in [5, 5.41) is 3.31. The fourth-order valence-corrected chi connectivity index (χ4v) is 0.365. The second-order valence-electron chi connectivity index (χ2n) is 1.53. The van der Waals surface area contributed by atoms with Gasteiger partial charge in [0.1, 0.15) is 6.61 Å². The molecule has 4 nitrogen and oxygen atoms in total. The molecule has 0 heterocycles. The highest BCUT2D eigenvalue weighted by molar-refractivity contribution is 5.90. The average molecular weight is 157 g/mol. The molecule has 0 atom stereocenters. The third-order valence-corrected chi connectivity index (χ3v) is 0.715. The van der Waals surface area contributed by atoms with Gasteiger partial charge in [-0.05, 0) is 19.0 Å². The molecule has 0 unspecified atom stereocenters. The summed E-state index contributed by atoms with van der Waals surface area (Å²) in [6.07, 6.45) is 1.08. The number of hydrogen-bond acceptors (Lipinski definition) is 4. The predicted octanol–water partition coefficient (Wildman–Crippen LogP) is 0.727. The van der Waals surface area contributed by atoms with Crippen molar-refractivity contribution < 1.29 is 14.4 Å². The zero-order valence-electron chi connectivity index (χ0n) is 6.66. The monoisotopic (exact) mass is 157 g/mol. The maximum absolute atomic E-state index is 10.6. The second kappa shape index (κ2) is 6.83. The Kier molecular flexibility index (Phi) is 6.04. The molecule has 0 bridgehead atoms. The lowest BCUT2D eigenvalue weighted by Gasteiger charge is -1.91. The molecule has 62 valence electrons. The molecule has 0 aromatic rings. The van der Waals surface area contributed by atoms with Crippen molar-refractivity contribution >= 4 is 11.8 Å². The Morgan fingerprint density at radius 2 is 2.27 bits per heavy atom. The summed E-state index contributed by atoms with van der Waals surface area (Å²) in [6, 6.07) is 0. The summed E-state index contributed by atoms with van der Waals surface area (Å²) < 4.78 is 4.55. The van der Waals surface area contributed by atoms with E-state index in [1.807, 2.05) is 0 Å². The van der Waals surface area contributed by atoms with E-state index in [1.165, 1.54) is 0 Å².